The predicted octanol–water partition coefficient (Wildman–Crippen LogP) is 15.5. The molecule has 0 bridgehead atoms. The van der Waals surface area contributed by atoms with Crippen molar-refractivity contribution in [1.82, 2.24) is 0 Å². The molecule has 5 aliphatic rings. The molecule has 0 nitrogen and oxygen atoms in total. The summed E-state index contributed by atoms with van der Waals surface area (Å²) in [4.78, 5) is 0. The minimum atomic E-state index is -3.72. The molecule has 0 spiro atoms. The Hall–Kier alpha value is -1.96. The van der Waals surface area contributed by atoms with Crippen LogP contribution < -0.4 is 0 Å². The van der Waals surface area contributed by atoms with E-state index in [1.54, 1.807) is 33.4 Å². The van der Waals surface area contributed by atoms with Crippen LogP contribution in [0.1, 0.15) is 156 Å². The summed E-state index contributed by atoms with van der Waals surface area (Å²) in [6, 6.07) is 34.3. The van der Waals surface area contributed by atoms with E-state index in [-0.39, 0.29) is 24.8 Å². The van der Waals surface area contributed by atoms with Crippen molar-refractivity contribution in [3.05, 3.63) is 129 Å². The Kier molecular flexibility index (Phi) is 12.5. The van der Waals surface area contributed by atoms with Crippen molar-refractivity contribution in [2.24, 2.45) is 5.92 Å². The van der Waals surface area contributed by atoms with E-state index in [0.29, 0.717) is 7.25 Å². The van der Waals surface area contributed by atoms with Gasteiger partial charge < -0.3 is 0 Å². The predicted molar refractivity (Wildman–Crippen MR) is 244 cm³/mol. The second-order valence-corrected chi connectivity index (χ2v) is 49.7. The average Bonchev–Trinajstić information content (AvgIpc) is 3.78. The number of halogens is 2. The molecule has 3 saturated carbocycles. The maximum Gasteiger partial charge on any atom is -0.147 e. The van der Waals surface area contributed by atoms with E-state index in [2.05, 4.69) is 120 Å². The number of hydrogen-bond donors (Lipinski definition) is 0. The fourth-order valence-electron chi connectivity index (χ4n) is 12.5. The van der Waals surface area contributed by atoms with Gasteiger partial charge in [0.05, 0.1) is 0 Å². The van der Waals surface area contributed by atoms with Crippen molar-refractivity contribution in [3.63, 3.8) is 0 Å². The van der Waals surface area contributed by atoms with E-state index >= 15 is 0 Å². The van der Waals surface area contributed by atoms with Crippen LogP contribution in [0.5, 0.6) is 0 Å². The Balaban J connectivity index is 0.00000233. The SMILES string of the molecule is CC1=Cc2c(-c3ccc(C4CCCCC4)cc3)cccc2[CH]1[Zr]([CH3])([CH3])(=[SiH2])[CH]1C(C2CCCCC2)=Cc2c(-c3ccc(C4CCCCC4)cc3)cccc21.Cl.Cl. The zero-order chi connectivity index (χ0) is 36.2. The molecule has 3 fully saturated rings. The van der Waals surface area contributed by atoms with Gasteiger partial charge in [-0.05, 0) is 0 Å². The summed E-state index contributed by atoms with van der Waals surface area (Å²) in [5.74, 6) is 2.23. The molecule has 0 aliphatic heterocycles. The van der Waals surface area contributed by atoms with E-state index in [9.17, 15) is 0 Å². The van der Waals surface area contributed by atoms with Gasteiger partial charge in [-0.25, -0.2) is 0 Å². The minimum absolute atomic E-state index is 0. The molecule has 4 heteroatoms. The molecule has 2 unspecified atom stereocenters. The molecule has 0 aromatic heterocycles. The first kappa shape index (κ1) is 41.2. The fraction of sp³-hybridized carbons (Fsp3) is 0.451. The van der Waals surface area contributed by atoms with E-state index in [4.69, 9.17) is 0 Å². The van der Waals surface area contributed by atoms with Crippen LogP contribution in [-0.4, -0.2) is 6.88 Å². The Morgan fingerprint density at radius 3 is 1.33 bits per heavy atom. The zero-order valence-corrected chi connectivity index (χ0v) is 39.3. The summed E-state index contributed by atoms with van der Waals surface area (Å²) < 4.78 is 6.83. The molecule has 0 N–H and O–H groups in total. The summed E-state index contributed by atoms with van der Waals surface area (Å²) in [5, 5.41) is 0. The van der Waals surface area contributed by atoms with Crippen molar-refractivity contribution in [2.75, 3.05) is 0 Å². The summed E-state index contributed by atoms with van der Waals surface area (Å²) in [6.45, 7) is 5.02. The Morgan fingerprint density at radius 1 is 0.473 bits per heavy atom. The van der Waals surface area contributed by atoms with Crippen LogP contribution in [0, 0.1) is 5.92 Å². The van der Waals surface area contributed by atoms with Crippen LogP contribution in [-0.2, 0) is 17.4 Å². The first-order valence-electron chi connectivity index (χ1n) is 21.7. The maximum absolute atomic E-state index is 3.72. The molecule has 9 rings (SSSR count). The Labute approximate surface area is 347 Å². The monoisotopic (exact) mass is 864 g/mol. The van der Waals surface area contributed by atoms with Crippen molar-refractivity contribution in [3.8, 4) is 22.3 Å². The first-order valence-corrected chi connectivity index (χ1v) is 35.4. The first-order chi connectivity index (χ1) is 25.8. The summed E-state index contributed by atoms with van der Waals surface area (Å²) >= 11 is -3.72. The fourth-order valence-corrected chi connectivity index (χ4v) is 32.8. The van der Waals surface area contributed by atoms with Gasteiger partial charge in [0.25, 0.3) is 0 Å². The van der Waals surface area contributed by atoms with E-state index < -0.39 is 17.4 Å². The number of benzene rings is 4. The third-order valence-corrected chi connectivity index (χ3v) is 32.6. The molecule has 0 radical (unpaired) electrons. The molecule has 0 heterocycles. The molecule has 0 saturated heterocycles. The summed E-state index contributed by atoms with van der Waals surface area (Å²) in [6.07, 6.45) is 26.1. The van der Waals surface area contributed by atoms with Gasteiger partial charge >= 0.3 is 326 Å². The normalized spacial score (nSPS) is 22.2. The molecular weight excluding hydrogens is 803 g/mol. The quantitative estimate of drug-likeness (QED) is 0.162. The van der Waals surface area contributed by atoms with Crippen molar-refractivity contribution in [1.29, 1.82) is 0 Å². The number of allylic oxidation sites excluding steroid dienone is 2. The third-order valence-electron chi connectivity index (χ3n) is 14.9. The van der Waals surface area contributed by atoms with Gasteiger partial charge in [-0.3, -0.25) is 0 Å². The van der Waals surface area contributed by atoms with Crippen LogP contribution in [0.4, 0.5) is 0 Å². The third kappa shape index (κ3) is 7.71. The number of rotatable bonds is 7. The molecule has 55 heavy (non-hydrogen) atoms. The van der Waals surface area contributed by atoms with Gasteiger partial charge in [0.1, 0.15) is 0 Å². The van der Waals surface area contributed by atoms with Gasteiger partial charge in [-0.15, -0.1) is 24.8 Å². The van der Waals surface area contributed by atoms with Gasteiger partial charge in [0.15, 0.2) is 0 Å². The summed E-state index contributed by atoms with van der Waals surface area (Å²) in [7, 11) is 0. The van der Waals surface area contributed by atoms with Crippen molar-refractivity contribution < 1.29 is 17.4 Å². The van der Waals surface area contributed by atoms with Crippen molar-refractivity contribution >= 4 is 43.8 Å². The van der Waals surface area contributed by atoms with E-state index in [1.807, 2.05) is 5.57 Å². The smallest absolute Gasteiger partial charge is 0.147 e. The van der Waals surface area contributed by atoms with Crippen LogP contribution >= 0.6 is 24.8 Å². The molecule has 2 atom stereocenters. The number of hydrogen-bond acceptors (Lipinski definition) is 0. The van der Waals surface area contributed by atoms with Gasteiger partial charge in [-0.2, -0.15) is 0 Å². The molecule has 4 aromatic carbocycles. The van der Waals surface area contributed by atoms with E-state index in [1.165, 1.54) is 124 Å². The molecular formula is C51H64Cl2SiZr. The largest absolute Gasteiger partial charge is 0.147 e. The second kappa shape index (κ2) is 16.7. The maximum atomic E-state index is 2.85. The van der Waals surface area contributed by atoms with Crippen molar-refractivity contribution in [2.45, 2.75) is 132 Å². The second-order valence-electron chi connectivity index (χ2n) is 19.2. The molecule has 5 aliphatic carbocycles. The average molecular weight is 867 g/mol. The molecule has 290 valence electrons. The zero-order valence-electron chi connectivity index (χ0n) is 33.8. The van der Waals surface area contributed by atoms with Gasteiger partial charge in [-0.1, -0.05) is 0 Å². The molecule has 0 amide bonds. The Bertz CT molecular complexity index is 2120. The Morgan fingerprint density at radius 2 is 0.873 bits per heavy atom. The topological polar surface area (TPSA) is 0 Å². The van der Waals surface area contributed by atoms with Gasteiger partial charge in [0.2, 0.25) is 0 Å². The van der Waals surface area contributed by atoms with Crippen LogP contribution in [0.15, 0.2) is 96.1 Å². The summed E-state index contributed by atoms with van der Waals surface area (Å²) in [5.41, 5.74) is 18.5. The minimum Gasteiger partial charge on any atom is -0.147 e. The molecule has 4 aromatic rings. The standard InChI is InChI=1S/C27H31.C22H23.2CH3.2ClH.H2Si.Zr/c1-3-8-20(9-4-1)22-14-16-23(17-15-22)26-13-7-12-24-18-25(19-27(24)26)21-10-5-2-6-11-21;1-16-14-20-8-5-9-21(22(20)15-16)19-12-10-18(11-13-19)17-6-3-2-4-7-17;;;;;;/h7,12-21H,1-6,8-11H2;5,8-15,17H,2-4,6-7H2,1H3;2*1H3;2*1H;1H2;. The van der Waals surface area contributed by atoms with Gasteiger partial charge in [0, 0.05) is 0 Å². The van der Waals surface area contributed by atoms with Crippen LogP contribution in [0.3, 0.4) is 0 Å². The number of fused-ring (bicyclic) bond motifs is 2. The van der Waals surface area contributed by atoms with E-state index in [0.717, 1.165) is 17.8 Å². The van der Waals surface area contributed by atoms with Crippen LogP contribution in [0.25, 0.3) is 34.4 Å². The van der Waals surface area contributed by atoms with Crippen LogP contribution in [0.2, 0.25) is 9.26 Å².